The molecule has 30 heavy (non-hydrogen) atoms. The number of rotatable bonds is 10. The molecule has 7 nitrogen and oxygen atoms in total. The van der Waals surface area contributed by atoms with Crippen molar-refractivity contribution in [2.45, 2.75) is 39.5 Å². The molecule has 1 aromatic carbocycles. The Hall–Kier alpha value is -0.410. The van der Waals surface area contributed by atoms with Crippen LogP contribution in [-0.4, -0.2) is 53.6 Å². The monoisotopic (exact) mass is 484 g/mol. The molecule has 0 aromatic heterocycles. The smallest absolute Gasteiger partial charge is 0.200 e. The second kappa shape index (κ2) is 12.6. The van der Waals surface area contributed by atoms with Crippen LogP contribution in [-0.2, 0) is 27.3 Å². The van der Waals surface area contributed by atoms with E-state index in [0.29, 0.717) is 11.8 Å². The number of benzene rings is 1. The quantitative estimate of drug-likeness (QED) is 0.264. The van der Waals surface area contributed by atoms with Crippen LogP contribution in [0.25, 0.3) is 0 Å². The van der Waals surface area contributed by atoms with Crippen LogP contribution in [0.4, 0.5) is 0 Å². The highest BCUT2D eigenvalue weighted by Gasteiger charge is 2.16. The molecule has 0 heterocycles. The van der Waals surface area contributed by atoms with Gasteiger partial charge in [0.1, 0.15) is 5.75 Å². The van der Waals surface area contributed by atoms with Crippen LogP contribution in [0.3, 0.4) is 0 Å². The Bertz CT molecular complexity index is 739. The van der Waals surface area contributed by atoms with Crippen molar-refractivity contribution in [3.8, 4) is 5.75 Å². The van der Waals surface area contributed by atoms with Crippen molar-refractivity contribution in [3.63, 3.8) is 0 Å². The standard InChI is InChI=1S/C15H25O3P.C5H14O4P2/c1-11(2)13-8-7-9-14(12(3)4)15(13)17-10-18-19(5,6)16;1-10(2,6)8-5-9-11(3,4)7/h7-9,11-12H,10H2,1-6H3;5H2,1-4H3. The minimum absolute atomic E-state index is 0.0354. The lowest BCUT2D eigenvalue weighted by atomic mass is 9.94. The molecule has 0 aliphatic carbocycles. The molecule has 0 saturated heterocycles. The molecule has 0 spiro atoms. The largest absolute Gasteiger partial charge is 0.467 e. The van der Waals surface area contributed by atoms with Crippen molar-refractivity contribution in [1.29, 1.82) is 0 Å². The van der Waals surface area contributed by atoms with Gasteiger partial charge in [-0.2, -0.15) is 0 Å². The number of hydrogen-bond donors (Lipinski definition) is 0. The van der Waals surface area contributed by atoms with E-state index in [-0.39, 0.29) is 13.6 Å². The second-order valence-electron chi connectivity index (χ2n) is 8.60. The van der Waals surface area contributed by atoms with Crippen LogP contribution < -0.4 is 4.74 Å². The van der Waals surface area contributed by atoms with Gasteiger partial charge in [-0.3, -0.25) is 18.2 Å². The van der Waals surface area contributed by atoms with Gasteiger partial charge in [0.2, 0.25) is 0 Å². The first-order valence-corrected chi connectivity index (χ1v) is 17.3. The Labute approximate surface area is 182 Å². The Kier molecular flexibility index (Phi) is 12.4. The Balaban J connectivity index is 0.000000654. The fourth-order valence-electron chi connectivity index (χ4n) is 2.14. The van der Waals surface area contributed by atoms with E-state index in [1.165, 1.54) is 26.7 Å². The molecule has 1 rings (SSSR count). The molecule has 0 aliphatic rings. The second-order valence-corrected chi connectivity index (χ2v) is 16.9. The summed E-state index contributed by atoms with van der Waals surface area (Å²) in [5, 5.41) is 0. The number of para-hydroxylation sites is 1. The molecule has 1 aromatic rings. The molecule has 0 aliphatic heterocycles. The minimum Gasteiger partial charge on any atom is -0.467 e. The Morgan fingerprint density at radius 1 is 0.667 bits per heavy atom. The maximum absolute atomic E-state index is 11.5. The van der Waals surface area contributed by atoms with Gasteiger partial charge in [0.25, 0.3) is 0 Å². The van der Waals surface area contributed by atoms with Crippen LogP contribution >= 0.6 is 22.1 Å². The third-order valence-corrected chi connectivity index (χ3v) is 5.80. The fraction of sp³-hybridized carbons (Fsp3) is 0.700. The van der Waals surface area contributed by atoms with Gasteiger partial charge in [-0.25, -0.2) is 0 Å². The molecular formula is C20H39O7P3. The average molecular weight is 484 g/mol. The van der Waals surface area contributed by atoms with Crippen LogP contribution in [0.15, 0.2) is 18.2 Å². The lowest BCUT2D eigenvalue weighted by molar-refractivity contribution is 0.122. The topological polar surface area (TPSA) is 88.1 Å². The van der Waals surface area contributed by atoms with E-state index in [2.05, 4.69) is 45.9 Å². The van der Waals surface area contributed by atoms with Crippen molar-refractivity contribution < 1.29 is 32.0 Å². The SMILES string of the molecule is CC(C)c1cccc(C(C)C)c1OCOP(C)(C)=O.CP(C)(=O)OCOP(C)(C)=O. The summed E-state index contributed by atoms with van der Waals surface area (Å²) in [4.78, 5) is 0. The summed E-state index contributed by atoms with van der Waals surface area (Å²) in [6.07, 6.45) is 0. The highest BCUT2D eigenvalue weighted by Crippen LogP contribution is 2.42. The summed E-state index contributed by atoms with van der Waals surface area (Å²) in [5.74, 6) is 1.63. The predicted molar refractivity (Wildman–Crippen MR) is 127 cm³/mol. The van der Waals surface area contributed by atoms with Crippen molar-refractivity contribution in [3.05, 3.63) is 29.3 Å². The molecular weight excluding hydrogens is 445 g/mol. The molecule has 0 unspecified atom stereocenters. The van der Waals surface area contributed by atoms with Crippen molar-refractivity contribution in [1.82, 2.24) is 0 Å². The van der Waals surface area contributed by atoms with Gasteiger partial charge in [-0.1, -0.05) is 45.9 Å². The maximum Gasteiger partial charge on any atom is 0.200 e. The van der Waals surface area contributed by atoms with Gasteiger partial charge in [0.15, 0.2) is 35.7 Å². The summed E-state index contributed by atoms with van der Waals surface area (Å²) in [7, 11) is -7.50. The number of ether oxygens (including phenoxy) is 1. The molecule has 0 radical (unpaired) electrons. The van der Waals surface area contributed by atoms with Gasteiger partial charge in [-0.05, 0) is 23.0 Å². The van der Waals surface area contributed by atoms with E-state index in [9.17, 15) is 13.7 Å². The van der Waals surface area contributed by atoms with E-state index < -0.39 is 22.1 Å². The predicted octanol–water partition coefficient (Wildman–Crippen LogP) is 6.88. The van der Waals surface area contributed by atoms with Gasteiger partial charge in [0, 0.05) is 40.0 Å². The average Bonchev–Trinajstić information content (AvgIpc) is 2.51. The summed E-state index contributed by atoms with van der Waals surface area (Å²) in [6, 6.07) is 6.20. The van der Waals surface area contributed by atoms with Crippen molar-refractivity contribution in [2.24, 2.45) is 0 Å². The zero-order chi connectivity index (χ0) is 23.8. The zero-order valence-electron chi connectivity index (χ0n) is 20.0. The lowest BCUT2D eigenvalue weighted by Gasteiger charge is -2.20. The minimum atomic E-state index is -2.51. The molecule has 176 valence electrons. The third-order valence-electron chi connectivity index (χ3n) is 3.61. The third kappa shape index (κ3) is 14.6. The van der Waals surface area contributed by atoms with Crippen LogP contribution in [0.1, 0.15) is 50.7 Å². The van der Waals surface area contributed by atoms with E-state index in [4.69, 9.17) is 18.3 Å². The molecule has 0 atom stereocenters. The van der Waals surface area contributed by atoms with Gasteiger partial charge < -0.3 is 13.8 Å². The summed E-state index contributed by atoms with van der Waals surface area (Å²) < 4.78 is 53.9. The zero-order valence-corrected chi connectivity index (χ0v) is 22.7. The summed E-state index contributed by atoms with van der Waals surface area (Å²) in [5.41, 5.74) is 2.33. The molecule has 10 heteroatoms. The van der Waals surface area contributed by atoms with Crippen LogP contribution in [0.2, 0.25) is 0 Å². The van der Waals surface area contributed by atoms with E-state index in [1.807, 2.05) is 0 Å². The van der Waals surface area contributed by atoms with Gasteiger partial charge >= 0.3 is 0 Å². The van der Waals surface area contributed by atoms with E-state index in [0.717, 1.165) is 16.9 Å². The Morgan fingerprint density at radius 3 is 1.30 bits per heavy atom. The molecule has 0 amide bonds. The Morgan fingerprint density at radius 2 is 1.00 bits per heavy atom. The van der Waals surface area contributed by atoms with Gasteiger partial charge in [-0.15, -0.1) is 0 Å². The molecule has 0 N–H and O–H groups in total. The van der Waals surface area contributed by atoms with E-state index in [1.54, 1.807) is 13.3 Å². The van der Waals surface area contributed by atoms with Gasteiger partial charge in [0.05, 0.1) is 0 Å². The summed E-state index contributed by atoms with van der Waals surface area (Å²) >= 11 is 0. The first kappa shape index (κ1) is 29.6. The van der Waals surface area contributed by atoms with Crippen LogP contribution in [0.5, 0.6) is 5.75 Å². The lowest BCUT2D eigenvalue weighted by Crippen LogP contribution is -2.07. The highest BCUT2D eigenvalue weighted by atomic mass is 31.2. The first-order valence-electron chi connectivity index (χ1n) is 9.77. The molecule has 0 saturated carbocycles. The number of hydrogen-bond acceptors (Lipinski definition) is 7. The van der Waals surface area contributed by atoms with E-state index >= 15 is 0 Å². The highest BCUT2D eigenvalue weighted by molar-refractivity contribution is 7.58. The first-order chi connectivity index (χ1) is 13.4. The normalized spacial score (nSPS) is 12.7. The molecule has 0 fully saturated rings. The summed E-state index contributed by atoms with van der Waals surface area (Å²) in [6.45, 7) is 17.5. The van der Waals surface area contributed by atoms with Crippen molar-refractivity contribution >= 4 is 22.1 Å². The fourth-order valence-corrected chi connectivity index (χ4v) is 3.14. The van der Waals surface area contributed by atoms with Crippen LogP contribution in [0, 0.1) is 0 Å². The van der Waals surface area contributed by atoms with Crippen molar-refractivity contribution in [2.75, 3.05) is 53.6 Å². The maximum atomic E-state index is 11.5. The molecule has 0 bridgehead atoms.